The van der Waals surface area contributed by atoms with Gasteiger partial charge in [-0.3, -0.25) is 0 Å². The SMILES string of the molecule is C[n+]1ccn(C(=O)OC2CC(F)(F)C2)c1. The first kappa shape index (κ1) is 10.1. The van der Waals surface area contributed by atoms with E-state index in [-0.39, 0.29) is 12.8 Å². The van der Waals surface area contributed by atoms with Crippen LogP contribution in [-0.2, 0) is 11.8 Å². The third-order valence-electron chi connectivity index (χ3n) is 2.30. The van der Waals surface area contributed by atoms with Crippen LogP contribution in [0.15, 0.2) is 18.7 Å². The van der Waals surface area contributed by atoms with Gasteiger partial charge in [0.2, 0.25) is 0 Å². The van der Waals surface area contributed by atoms with Gasteiger partial charge in [-0.15, -0.1) is 4.57 Å². The third-order valence-corrected chi connectivity index (χ3v) is 2.30. The molecule has 2 rings (SSSR count). The second-order valence-electron chi connectivity index (χ2n) is 3.76. The van der Waals surface area contributed by atoms with Gasteiger partial charge in [-0.2, -0.15) is 4.79 Å². The lowest BCUT2D eigenvalue weighted by molar-refractivity contribution is -0.670. The summed E-state index contributed by atoms with van der Waals surface area (Å²) in [5, 5.41) is 0. The van der Waals surface area contributed by atoms with E-state index in [1.165, 1.54) is 17.1 Å². The highest BCUT2D eigenvalue weighted by molar-refractivity contribution is 5.70. The number of ether oxygens (including phenoxy) is 1. The summed E-state index contributed by atoms with van der Waals surface area (Å²) in [5.41, 5.74) is 0. The van der Waals surface area contributed by atoms with E-state index in [4.69, 9.17) is 4.74 Å². The first-order valence-electron chi connectivity index (χ1n) is 4.58. The maximum Gasteiger partial charge on any atom is 0.511 e. The molecule has 0 aromatic carbocycles. The first-order chi connectivity index (χ1) is 6.96. The van der Waals surface area contributed by atoms with Crippen LogP contribution in [0.3, 0.4) is 0 Å². The minimum absolute atomic E-state index is 0.369. The van der Waals surface area contributed by atoms with Crippen molar-refractivity contribution in [2.24, 2.45) is 7.05 Å². The van der Waals surface area contributed by atoms with Gasteiger partial charge in [0.25, 0.3) is 12.2 Å². The largest absolute Gasteiger partial charge is 0.511 e. The average molecular weight is 217 g/mol. The number of carbonyl (C=O) groups excluding carboxylic acids is 1. The number of imidazole rings is 1. The molecule has 0 saturated heterocycles. The Morgan fingerprint density at radius 1 is 1.60 bits per heavy atom. The van der Waals surface area contributed by atoms with Crippen molar-refractivity contribution in [1.29, 1.82) is 0 Å². The van der Waals surface area contributed by atoms with Crippen molar-refractivity contribution < 1.29 is 22.9 Å². The third kappa shape index (κ3) is 2.14. The summed E-state index contributed by atoms with van der Waals surface area (Å²) >= 11 is 0. The smallest absolute Gasteiger partial charge is 0.427 e. The summed E-state index contributed by atoms with van der Waals surface area (Å²) in [7, 11) is 1.75. The molecule has 0 amide bonds. The number of halogens is 2. The fraction of sp³-hybridized carbons (Fsp3) is 0.556. The number of hydrogen-bond acceptors (Lipinski definition) is 2. The zero-order valence-electron chi connectivity index (χ0n) is 8.19. The van der Waals surface area contributed by atoms with Gasteiger partial charge in [-0.1, -0.05) is 0 Å². The van der Waals surface area contributed by atoms with Crippen LogP contribution in [0.5, 0.6) is 0 Å². The molecule has 0 N–H and O–H groups in total. The number of alkyl halides is 2. The normalized spacial score (nSPS) is 19.7. The molecule has 15 heavy (non-hydrogen) atoms. The van der Waals surface area contributed by atoms with Crippen molar-refractivity contribution in [3.8, 4) is 0 Å². The number of aryl methyl sites for hydroxylation is 1. The van der Waals surface area contributed by atoms with E-state index in [1.54, 1.807) is 17.8 Å². The van der Waals surface area contributed by atoms with Gasteiger partial charge < -0.3 is 4.74 Å². The van der Waals surface area contributed by atoms with Gasteiger partial charge in [-0.25, -0.2) is 13.3 Å². The Kier molecular flexibility index (Phi) is 2.21. The van der Waals surface area contributed by atoms with Crippen molar-refractivity contribution in [1.82, 2.24) is 4.57 Å². The van der Waals surface area contributed by atoms with Crippen LogP contribution in [-0.4, -0.2) is 22.7 Å². The standard InChI is InChI=1S/C9H11F2N2O2/c1-12-2-3-13(6-12)8(14)15-7-4-9(10,11)5-7/h2-3,6-7H,4-5H2,1H3/q+1. The van der Waals surface area contributed by atoms with E-state index >= 15 is 0 Å². The zero-order chi connectivity index (χ0) is 11.1. The highest BCUT2D eigenvalue weighted by Crippen LogP contribution is 2.39. The fourth-order valence-corrected chi connectivity index (χ4v) is 1.45. The second-order valence-corrected chi connectivity index (χ2v) is 3.76. The molecule has 1 aliphatic carbocycles. The van der Waals surface area contributed by atoms with E-state index in [0.29, 0.717) is 0 Å². The van der Waals surface area contributed by atoms with Crippen molar-refractivity contribution in [2.75, 3.05) is 0 Å². The van der Waals surface area contributed by atoms with Crippen molar-refractivity contribution >= 4 is 6.09 Å². The highest BCUT2D eigenvalue weighted by atomic mass is 19.3. The van der Waals surface area contributed by atoms with Crippen LogP contribution in [0, 0.1) is 0 Å². The van der Waals surface area contributed by atoms with Gasteiger partial charge in [0.05, 0.1) is 7.05 Å². The molecule has 1 heterocycles. The number of carbonyl (C=O) groups is 1. The van der Waals surface area contributed by atoms with Crippen molar-refractivity contribution in [3.05, 3.63) is 18.7 Å². The van der Waals surface area contributed by atoms with Crippen LogP contribution in [0.1, 0.15) is 12.8 Å². The average Bonchev–Trinajstić information content (AvgIpc) is 2.48. The van der Waals surface area contributed by atoms with Gasteiger partial charge >= 0.3 is 6.09 Å². The molecule has 0 radical (unpaired) electrons. The molecule has 0 unspecified atom stereocenters. The molecule has 1 aromatic heterocycles. The van der Waals surface area contributed by atoms with Crippen LogP contribution in [0.25, 0.3) is 0 Å². The number of hydrogen-bond donors (Lipinski definition) is 0. The first-order valence-corrected chi connectivity index (χ1v) is 4.58. The number of rotatable bonds is 1. The maximum absolute atomic E-state index is 12.4. The van der Waals surface area contributed by atoms with Crippen LogP contribution < -0.4 is 4.57 Å². The molecule has 0 bridgehead atoms. The summed E-state index contributed by atoms with van der Waals surface area (Å²) in [4.78, 5) is 11.4. The molecule has 0 atom stereocenters. The minimum Gasteiger partial charge on any atom is -0.427 e. The lowest BCUT2D eigenvalue weighted by atomic mass is 9.91. The lowest BCUT2D eigenvalue weighted by Gasteiger charge is -2.33. The molecular weight excluding hydrogens is 206 g/mol. The second kappa shape index (κ2) is 3.29. The topological polar surface area (TPSA) is 35.1 Å². The van der Waals surface area contributed by atoms with E-state index < -0.39 is 18.1 Å². The molecule has 1 saturated carbocycles. The molecule has 1 aromatic rings. The highest BCUT2D eigenvalue weighted by Gasteiger charge is 2.48. The van der Waals surface area contributed by atoms with E-state index in [2.05, 4.69) is 0 Å². The Morgan fingerprint density at radius 2 is 2.27 bits per heavy atom. The van der Waals surface area contributed by atoms with E-state index in [0.717, 1.165) is 0 Å². The Bertz CT molecular complexity index is 381. The molecule has 1 fully saturated rings. The molecular formula is C9H11F2N2O2+. The summed E-state index contributed by atoms with van der Waals surface area (Å²) < 4.78 is 32.6. The van der Waals surface area contributed by atoms with Gasteiger partial charge in [0, 0.05) is 12.8 Å². The maximum atomic E-state index is 12.4. The minimum atomic E-state index is -2.66. The van der Waals surface area contributed by atoms with Crippen LogP contribution in [0.4, 0.5) is 13.6 Å². The predicted molar refractivity (Wildman–Crippen MR) is 45.5 cm³/mol. The van der Waals surface area contributed by atoms with Gasteiger partial charge in [0.1, 0.15) is 18.5 Å². The number of nitrogens with zero attached hydrogens (tertiary/aromatic N) is 2. The van der Waals surface area contributed by atoms with E-state index in [9.17, 15) is 13.6 Å². The predicted octanol–water partition coefficient (Wildman–Crippen LogP) is 1.09. The lowest BCUT2D eigenvalue weighted by Crippen LogP contribution is -2.43. The Balaban J connectivity index is 1.89. The van der Waals surface area contributed by atoms with E-state index in [1.807, 2.05) is 0 Å². The Morgan fingerprint density at radius 3 is 2.73 bits per heavy atom. The monoisotopic (exact) mass is 217 g/mol. The molecule has 4 nitrogen and oxygen atoms in total. The summed E-state index contributed by atoms with van der Waals surface area (Å²) in [6, 6.07) is 0. The molecule has 6 heteroatoms. The van der Waals surface area contributed by atoms with Crippen molar-refractivity contribution in [2.45, 2.75) is 24.9 Å². The molecule has 0 spiro atoms. The summed E-state index contributed by atoms with van der Waals surface area (Å²) in [5.74, 6) is -2.66. The van der Waals surface area contributed by atoms with Crippen molar-refractivity contribution in [3.63, 3.8) is 0 Å². The zero-order valence-corrected chi connectivity index (χ0v) is 8.19. The quantitative estimate of drug-likeness (QED) is 0.660. The van der Waals surface area contributed by atoms with Crippen LogP contribution >= 0.6 is 0 Å². The Hall–Kier alpha value is -1.46. The van der Waals surface area contributed by atoms with Gasteiger partial charge in [-0.05, 0) is 0 Å². The summed E-state index contributed by atoms with van der Waals surface area (Å²) in [6.45, 7) is 0. The van der Waals surface area contributed by atoms with Gasteiger partial charge in [0.15, 0.2) is 0 Å². The molecule has 1 aliphatic rings. The van der Waals surface area contributed by atoms with Crippen LogP contribution in [0.2, 0.25) is 0 Å². The molecule has 0 aliphatic heterocycles. The molecule has 82 valence electrons. The fourth-order valence-electron chi connectivity index (χ4n) is 1.45. The Labute approximate surface area is 85.1 Å². The number of aromatic nitrogens is 2. The summed E-state index contributed by atoms with van der Waals surface area (Å²) in [6.07, 6.45) is 2.68.